The molecule has 0 spiro atoms. The third-order valence-electron chi connectivity index (χ3n) is 2.49. The number of furan rings is 1. The molecule has 0 atom stereocenters. The summed E-state index contributed by atoms with van der Waals surface area (Å²) < 4.78 is 10.9. The fourth-order valence-electron chi connectivity index (χ4n) is 1.75. The Bertz CT molecular complexity index is 565. The monoisotopic (exact) mass is 262 g/mol. The molecule has 2 aromatic heterocycles. The highest BCUT2D eigenvalue weighted by molar-refractivity contribution is 7.80. The summed E-state index contributed by atoms with van der Waals surface area (Å²) >= 11 is 5.03. The Labute approximate surface area is 111 Å². The van der Waals surface area contributed by atoms with E-state index in [9.17, 15) is 0 Å². The Morgan fingerprint density at radius 2 is 2.28 bits per heavy atom. The molecule has 2 heterocycles. The molecule has 18 heavy (non-hydrogen) atoms. The largest absolute Gasteiger partial charge is 0.485 e. The number of hydrogen-bond acceptors (Lipinski definition) is 4. The highest BCUT2D eigenvalue weighted by Gasteiger charge is 2.12. The van der Waals surface area contributed by atoms with Crippen LogP contribution < -0.4 is 10.5 Å². The SMILES string of the molecule is Cc1cc(OCc2ccco2)c(C(N)=S)c(C)n1. The quantitative estimate of drug-likeness (QED) is 0.858. The molecule has 0 aliphatic carbocycles. The average molecular weight is 262 g/mol. The number of pyridine rings is 1. The van der Waals surface area contributed by atoms with Crippen LogP contribution in [-0.2, 0) is 6.61 Å². The smallest absolute Gasteiger partial charge is 0.146 e. The van der Waals surface area contributed by atoms with E-state index < -0.39 is 0 Å². The molecule has 0 unspecified atom stereocenters. The van der Waals surface area contributed by atoms with Gasteiger partial charge in [-0.1, -0.05) is 12.2 Å². The summed E-state index contributed by atoms with van der Waals surface area (Å²) in [6.45, 7) is 4.10. The number of aryl methyl sites for hydroxylation is 2. The van der Waals surface area contributed by atoms with E-state index in [4.69, 9.17) is 27.1 Å². The second-order valence-electron chi connectivity index (χ2n) is 3.95. The van der Waals surface area contributed by atoms with Crippen LogP contribution in [0.15, 0.2) is 28.9 Å². The van der Waals surface area contributed by atoms with Crippen molar-refractivity contribution in [2.75, 3.05) is 0 Å². The molecule has 94 valence electrons. The lowest BCUT2D eigenvalue weighted by molar-refractivity contribution is 0.269. The number of aromatic nitrogens is 1. The van der Waals surface area contributed by atoms with E-state index >= 15 is 0 Å². The van der Waals surface area contributed by atoms with Gasteiger partial charge in [0.2, 0.25) is 0 Å². The first-order chi connectivity index (χ1) is 8.58. The second-order valence-corrected chi connectivity index (χ2v) is 4.39. The number of thiocarbonyl (C=S) groups is 1. The molecule has 2 aromatic rings. The summed E-state index contributed by atoms with van der Waals surface area (Å²) in [5, 5.41) is 0. The van der Waals surface area contributed by atoms with Gasteiger partial charge in [0.25, 0.3) is 0 Å². The fraction of sp³-hybridized carbons (Fsp3) is 0.231. The van der Waals surface area contributed by atoms with Crippen LogP contribution in [0, 0.1) is 13.8 Å². The number of rotatable bonds is 4. The highest BCUT2D eigenvalue weighted by atomic mass is 32.1. The Morgan fingerprint density at radius 1 is 1.50 bits per heavy atom. The summed E-state index contributed by atoms with van der Waals surface area (Å²) in [5.74, 6) is 1.39. The van der Waals surface area contributed by atoms with Crippen LogP contribution in [0.25, 0.3) is 0 Å². The number of ether oxygens (including phenoxy) is 1. The zero-order valence-electron chi connectivity index (χ0n) is 10.3. The van der Waals surface area contributed by atoms with Gasteiger partial charge < -0.3 is 14.9 Å². The maximum absolute atomic E-state index is 5.70. The predicted octanol–water partition coefficient (Wildman–Crippen LogP) is 2.50. The molecule has 2 rings (SSSR count). The molecule has 0 saturated carbocycles. The van der Waals surface area contributed by atoms with Gasteiger partial charge >= 0.3 is 0 Å². The Hall–Kier alpha value is -1.88. The van der Waals surface area contributed by atoms with E-state index in [1.807, 2.05) is 32.0 Å². The molecule has 5 heteroatoms. The molecule has 0 aliphatic rings. The first-order valence-electron chi connectivity index (χ1n) is 5.51. The maximum Gasteiger partial charge on any atom is 0.146 e. The lowest BCUT2D eigenvalue weighted by atomic mass is 10.1. The topological polar surface area (TPSA) is 61.3 Å². The van der Waals surface area contributed by atoms with Gasteiger partial charge in [-0.15, -0.1) is 0 Å². The van der Waals surface area contributed by atoms with E-state index in [0.717, 1.165) is 17.1 Å². The summed E-state index contributed by atoms with van der Waals surface area (Å²) in [6.07, 6.45) is 1.61. The van der Waals surface area contributed by atoms with Gasteiger partial charge in [0.15, 0.2) is 0 Å². The molecule has 0 aliphatic heterocycles. The van der Waals surface area contributed by atoms with Gasteiger partial charge in [-0.3, -0.25) is 4.98 Å². The van der Waals surface area contributed by atoms with Crippen molar-refractivity contribution in [1.82, 2.24) is 4.98 Å². The minimum atomic E-state index is 0.287. The van der Waals surface area contributed by atoms with Crippen molar-refractivity contribution in [3.05, 3.63) is 47.2 Å². The van der Waals surface area contributed by atoms with Crippen molar-refractivity contribution in [3.63, 3.8) is 0 Å². The number of hydrogen-bond donors (Lipinski definition) is 1. The van der Waals surface area contributed by atoms with E-state index in [1.165, 1.54) is 0 Å². The van der Waals surface area contributed by atoms with E-state index in [2.05, 4.69) is 4.98 Å². The second kappa shape index (κ2) is 5.18. The summed E-state index contributed by atoms with van der Waals surface area (Å²) in [6, 6.07) is 5.49. The average Bonchev–Trinajstić information content (AvgIpc) is 2.77. The van der Waals surface area contributed by atoms with E-state index in [0.29, 0.717) is 17.9 Å². The van der Waals surface area contributed by atoms with Gasteiger partial charge in [-0.2, -0.15) is 0 Å². The lowest BCUT2D eigenvalue weighted by Gasteiger charge is -2.12. The summed E-state index contributed by atoms with van der Waals surface area (Å²) in [4.78, 5) is 4.62. The standard InChI is InChI=1S/C13H14N2O2S/c1-8-6-11(12(13(14)18)9(2)15-8)17-7-10-4-3-5-16-10/h3-6H,7H2,1-2H3,(H2,14,18). The molecule has 0 amide bonds. The molecular formula is C13H14N2O2S. The maximum atomic E-state index is 5.70. The van der Waals surface area contributed by atoms with Gasteiger partial charge in [0.1, 0.15) is 23.1 Å². The molecule has 2 N–H and O–H groups in total. The van der Waals surface area contributed by atoms with Crippen LogP contribution in [0.5, 0.6) is 5.75 Å². The third kappa shape index (κ3) is 2.68. The minimum Gasteiger partial charge on any atom is -0.485 e. The summed E-state index contributed by atoms with van der Waals surface area (Å²) in [7, 11) is 0. The Morgan fingerprint density at radius 3 is 2.89 bits per heavy atom. The van der Waals surface area contributed by atoms with Crippen molar-refractivity contribution in [3.8, 4) is 5.75 Å². The van der Waals surface area contributed by atoms with Crippen LogP contribution in [0.3, 0.4) is 0 Å². The van der Waals surface area contributed by atoms with E-state index in [-0.39, 0.29) is 4.99 Å². The zero-order chi connectivity index (χ0) is 13.1. The van der Waals surface area contributed by atoms with Crippen molar-refractivity contribution in [2.45, 2.75) is 20.5 Å². The van der Waals surface area contributed by atoms with E-state index in [1.54, 1.807) is 6.26 Å². The number of nitrogens with two attached hydrogens (primary N) is 1. The van der Waals surface area contributed by atoms with Crippen LogP contribution in [-0.4, -0.2) is 9.97 Å². The van der Waals surface area contributed by atoms with Gasteiger partial charge in [-0.25, -0.2) is 0 Å². The fourth-order valence-corrected chi connectivity index (χ4v) is 2.00. The molecule has 0 saturated heterocycles. The van der Waals surface area contributed by atoms with Crippen molar-refractivity contribution in [2.24, 2.45) is 5.73 Å². The molecule has 0 bridgehead atoms. The zero-order valence-corrected chi connectivity index (χ0v) is 11.1. The van der Waals surface area contributed by atoms with Crippen molar-refractivity contribution < 1.29 is 9.15 Å². The normalized spacial score (nSPS) is 10.3. The predicted molar refractivity (Wildman–Crippen MR) is 72.6 cm³/mol. The van der Waals surface area contributed by atoms with Gasteiger partial charge in [-0.05, 0) is 26.0 Å². The Balaban J connectivity index is 2.28. The van der Waals surface area contributed by atoms with Crippen LogP contribution >= 0.6 is 12.2 Å². The third-order valence-corrected chi connectivity index (χ3v) is 2.69. The molecular weight excluding hydrogens is 248 g/mol. The minimum absolute atomic E-state index is 0.287. The lowest BCUT2D eigenvalue weighted by Crippen LogP contribution is -2.15. The van der Waals surface area contributed by atoms with Crippen LogP contribution in [0.4, 0.5) is 0 Å². The van der Waals surface area contributed by atoms with Crippen molar-refractivity contribution >= 4 is 17.2 Å². The first kappa shape index (κ1) is 12.6. The molecule has 4 nitrogen and oxygen atoms in total. The summed E-state index contributed by atoms with van der Waals surface area (Å²) in [5.41, 5.74) is 8.02. The van der Waals surface area contributed by atoms with Crippen molar-refractivity contribution in [1.29, 1.82) is 0 Å². The Kier molecular flexibility index (Phi) is 3.62. The molecule has 0 fully saturated rings. The van der Waals surface area contributed by atoms with Crippen LogP contribution in [0.2, 0.25) is 0 Å². The van der Waals surface area contributed by atoms with Gasteiger partial charge in [0, 0.05) is 11.8 Å². The highest BCUT2D eigenvalue weighted by Crippen LogP contribution is 2.23. The number of nitrogens with zero attached hydrogens (tertiary/aromatic N) is 1. The molecule has 0 aromatic carbocycles. The van der Waals surface area contributed by atoms with Crippen LogP contribution in [0.1, 0.15) is 22.7 Å². The van der Waals surface area contributed by atoms with Gasteiger partial charge in [0.05, 0.1) is 17.5 Å². The molecule has 0 radical (unpaired) electrons. The first-order valence-corrected chi connectivity index (χ1v) is 5.92.